The first-order valence-electron chi connectivity index (χ1n) is 11.0. The zero-order chi connectivity index (χ0) is 22.9. The molecule has 0 radical (unpaired) electrons. The van der Waals surface area contributed by atoms with E-state index < -0.39 is 0 Å². The van der Waals surface area contributed by atoms with Crippen molar-refractivity contribution < 1.29 is 9.53 Å². The minimum Gasteiger partial charge on any atom is -0.496 e. The summed E-state index contributed by atoms with van der Waals surface area (Å²) in [5.41, 5.74) is 4.44. The molecule has 2 aromatic carbocycles. The van der Waals surface area contributed by atoms with E-state index >= 15 is 0 Å². The summed E-state index contributed by atoms with van der Waals surface area (Å²) in [7, 11) is 1.62. The molecule has 1 aliphatic rings. The van der Waals surface area contributed by atoms with Crippen LogP contribution < -0.4 is 10.1 Å². The van der Waals surface area contributed by atoms with Crippen molar-refractivity contribution in [2.45, 2.75) is 26.2 Å². The Hall–Kier alpha value is -3.69. The Morgan fingerprint density at radius 3 is 2.82 bits per heavy atom. The summed E-state index contributed by atoms with van der Waals surface area (Å²) in [6.45, 7) is 2.23. The summed E-state index contributed by atoms with van der Waals surface area (Å²) in [6.07, 6.45) is 2.92. The van der Waals surface area contributed by atoms with Crippen LogP contribution in [-0.2, 0) is 12.8 Å². The third-order valence-corrected chi connectivity index (χ3v) is 7.36. The normalized spacial score (nSPS) is 15.0. The maximum Gasteiger partial charge on any atom is 0.257 e. The average molecular weight is 454 g/mol. The van der Waals surface area contributed by atoms with Crippen molar-refractivity contribution in [1.29, 1.82) is 5.26 Å². The predicted molar refractivity (Wildman–Crippen MR) is 132 cm³/mol. The lowest BCUT2D eigenvalue weighted by molar-refractivity contribution is 0.102. The van der Waals surface area contributed by atoms with Gasteiger partial charge in [-0.2, -0.15) is 5.26 Å². The van der Waals surface area contributed by atoms with Crippen LogP contribution in [0.2, 0.25) is 0 Å². The van der Waals surface area contributed by atoms with E-state index in [9.17, 15) is 10.1 Å². The maximum atomic E-state index is 13.5. The smallest absolute Gasteiger partial charge is 0.257 e. The van der Waals surface area contributed by atoms with E-state index in [1.54, 1.807) is 13.2 Å². The summed E-state index contributed by atoms with van der Waals surface area (Å²) < 4.78 is 5.52. The SMILES string of the molecule is COc1ccccc1-c1cc(C(=O)Nc2sc3c(c2C#N)CC[C@H](C)C3)c2ccccc2n1. The van der Waals surface area contributed by atoms with Crippen LogP contribution in [0.5, 0.6) is 5.75 Å². The number of amides is 1. The van der Waals surface area contributed by atoms with E-state index in [0.717, 1.165) is 41.3 Å². The summed E-state index contributed by atoms with van der Waals surface area (Å²) >= 11 is 1.54. The van der Waals surface area contributed by atoms with Crippen molar-refractivity contribution in [2.24, 2.45) is 5.92 Å². The number of methoxy groups -OCH3 is 1. The molecule has 2 aromatic heterocycles. The van der Waals surface area contributed by atoms with Crippen molar-refractivity contribution in [3.63, 3.8) is 0 Å². The molecule has 0 saturated carbocycles. The molecular weight excluding hydrogens is 430 g/mol. The lowest BCUT2D eigenvalue weighted by Gasteiger charge is -2.17. The number of para-hydroxylation sites is 2. The van der Waals surface area contributed by atoms with Gasteiger partial charge in [0.15, 0.2) is 0 Å². The first-order valence-corrected chi connectivity index (χ1v) is 11.8. The Morgan fingerprint density at radius 2 is 2.00 bits per heavy atom. The molecule has 0 saturated heterocycles. The lowest BCUT2D eigenvalue weighted by atomic mass is 9.88. The number of carbonyl (C=O) groups excluding carboxylic acids is 1. The van der Waals surface area contributed by atoms with Gasteiger partial charge in [0.2, 0.25) is 0 Å². The number of pyridine rings is 1. The monoisotopic (exact) mass is 453 g/mol. The zero-order valence-corrected chi connectivity index (χ0v) is 19.3. The zero-order valence-electron chi connectivity index (χ0n) is 18.5. The molecule has 0 fully saturated rings. The number of nitrogens with one attached hydrogen (secondary N) is 1. The van der Waals surface area contributed by atoms with Crippen molar-refractivity contribution >= 4 is 33.1 Å². The van der Waals surface area contributed by atoms with Crippen molar-refractivity contribution in [3.05, 3.63) is 76.2 Å². The highest BCUT2D eigenvalue weighted by atomic mass is 32.1. The third kappa shape index (κ3) is 3.85. The molecule has 0 unspecified atom stereocenters. The van der Waals surface area contributed by atoms with Gasteiger partial charge in [-0.1, -0.05) is 37.3 Å². The number of thiophene rings is 1. The lowest BCUT2D eigenvalue weighted by Crippen LogP contribution is -2.13. The van der Waals surface area contributed by atoms with Crippen molar-refractivity contribution in [3.8, 4) is 23.1 Å². The summed E-state index contributed by atoms with van der Waals surface area (Å²) in [4.78, 5) is 19.5. The molecule has 1 atom stereocenters. The van der Waals surface area contributed by atoms with Gasteiger partial charge in [-0.05, 0) is 55.0 Å². The second-order valence-electron chi connectivity index (χ2n) is 8.39. The fourth-order valence-corrected chi connectivity index (χ4v) is 5.84. The Bertz CT molecular complexity index is 1420. The average Bonchev–Trinajstić information content (AvgIpc) is 3.18. The largest absolute Gasteiger partial charge is 0.496 e. The van der Waals surface area contributed by atoms with Crippen LogP contribution in [0.1, 0.15) is 39.7 Å². The van der Waals surface area contributed by atoms with Crippen LogP contribution in [-0.4, -0.2) is 18.0 Å². The van der Waals surface area contributed by atoms with Gasteiger partial charge in [0.1, 0.15) is 16.8 Å². The number of benzene rings is 2. The second-order valence-corrected chi connectivity index (χ2v) is 9.50. The van der Waals surface area contributed by atoms with Gasteiger partial charge in [0, 0.05) is 15.8 Å². The molecular formula is C27H23N3O2S. The summed E-state index contributed by atoms with van der Waals surface area (Å²) in [5, 5.41) is 14.3. The Labute approximate surface area is 196 Å². The van der Waals surface area contributed by atoms with Gasteiger partial charge in [-0.25, -0.2) is 4.98 Å². The molecule has 33 heavy (non-hydrogen) atoms. The first kappa shape index (κ1) is 21.2. The van der Waals surface area contributed by atoms with Crippen molar-refractivity contribution in [2.75, 3.05) is 12.4 Å². The molecule has 0 spiro atoms. The van der Waals surface area contributed by atoms with Gasteiger partial charge in [0.25, 0.3) is 5.91 Å². The molecule has 1 amide bonds. The molecule has 5 rings (SSSR count). The van der Waals surface area contributed by atoms with Crippen LogP contribution in [0, 0.1) is 17.2 Å². The Morgan fingerprint density at radius 1 is 1.21 bits per heavy atom. The number of fused-ring (bicyclic) bond motifs is 2. The maximum absolute atomic E-state index is 13.5. The molecule has 164 valence electrons. The Balaban J connectivity index is 1.59. The summed E-state index contributed by atoms with van der Waals surface area (Å²) in [5.74, 6) is 1.05. The van der Waals surface area contributed by atoms with Gasteiger partial charge < -0.3 is 10.1 Å². The van der Waals surface area contributed by atoms with E-state index in [0.29, 0.717) is 33.5 Å². The highest BCUT2D eigenvalue weighted by Crippen LogP contribution is 2.40. The molecule has 5 nitrogen and oxygen atoms in total. The van der Waals surface area contributed by atoms with Crippen LogP contribution in [0.15, 0.2) is 54.6 Å². The molecule has 1 aliphatic carbocycles. The van der Waals surface area contributed by atoms with Gasteiger partial charge >= 0.3 is 0 Å². The van der Waals surface area contributed by atoms with Gasteiger partial charge in [-0.15, -0.1) is 11.3 Å². The first-order chi connectivity index (χ1) is 16.1. The van der Waals surface area contributed by atoms with Crippen LogP contribution >= 0.6 is 11.3 Å². The molecule has 0 bridgehead atoms. The third-order valence-electron chi connectivity index (χ3n) is 6.19. The van der Waals surface area contributed by atoms with Crippen LogP contribution in [0.25, 0.3) is 22.2 Å². The van der Waals surface area contributed by atoms with E-state index in [2.05, 4.69) is 18.3 Å². The highest BCUT2D eigenvalue weighted by Gasteiger charge is 2.25. The van der Waals surface area contributed by atoms with Gasteiger partial charge in [0.05, 0.1) is 29.4 Å². The predicted octanol–water partition coefficient (Wildman–Crippen LogP) is 6.22. The number of hydrogen-bond acceptors (Lipinski definition) is 5. The standard InChI is InChI=1S/C27H23N3O2S/c1-16-11-12-18-21(15-28)27(33-25(18)13-16)30-26(31)20-14-23(19-8-4-6-10-24(19)32-2)29-22-9-5-3-7-17(20)22/h3-10,14,16H,11-13H2,1-2H3,(H,30,31)/t16-/m0/s1. The summed E-state index contributed by atoms with van der Waals surface area (Å²) in [6, 6.07) is 19.4. The molecule has 4 aromatic rings. The van der Waals surface area contributed by atoms with E-state index in [4.69, 9.17) is 9.72 Å². The number of nitriles is 1. The van der Waals surface area contributed by atoms with Crippen molar-refractivity contribution in [1.82, 2.24) is 4.98 Å². The quantitative estimate of drug-likeness (QED) is 0.398. The van der Waals surface area contributed by atoms with E-state index in [1.165, 1.54) is 16.2 Å². The minimum atomic E-state index is -0.243. The van der Waals surface area contributed by atoms with Gasteiger partial charge in [-0.3, -0.25) is 4.79 Å². The number of ether oxygens (including phenoxy) is 1. The number of nitrogens with zero attached hydrogens (tertiary/aromatic N) is 2. The number of rotatable bonds is 4. The minimum absolute atomic E-state index is 0.243. The van der Waals surface area contributed by atoms with E-state index in [1.807, 2.05) is 48.5 Å². The van der Waals surface area contributed by atoms with Crippen LogP contribution in [0.3, 0.4) is 0 Å². The van der Waals surface area contributed by atoms with E-state index in [-0.39, 0.29) is 5.91 Å². The molecule has 6 heteroatoms. The molecule has 0 aliphatic heterocycles. The second kappa shape index (κ2) is 8.68. The molecule has 1 N–H and O–H groups in total. The topological polar surface area (TPSA) is 75.0 Å². The number of aromatic nitrogens is 1. The highest BCUT2D eigenvalue weighted by molar-refractivity contribution is 7.16. The fraction of sp³-hybridized carbons (Fsp3) is 0.222. The number of hydrogen-bond donors (Lipinski definition) is 1. The number of anilines is 1. The van der Waals surface area contributed by atoms with Crippen LogP contribution in [0.4, 0.5) is 5.00 Å². The number of carbonyl (C=O) groups is 1. The molecule has 2 heterocycles. The Kier molecular flexibility index (Phi) is 5.57. The fourth-order valence-electron chi connectivity index (χ4n) is 4.49.